The van der Waals surface area contributed by atoms with Crippen molar-refractivity contribution < 1.29 is 10.0 Å². The normalized spacial score (nSPS) is 16.1. The molecular weight excluding hydrogens is 272 g/mol. The quantitative estimate of drug-likeness (QED) is 0.365. The molecule has 1 aliphatic carbocycles. The molecule has 1 fully saturated rings. The van der Waals surface area contributed by atoms with E-state index >= 15 is 0 Å². The second kappa shape index (κ2) is 6.43. The molecule has 7 nitrogen and oxygen atoms in total. The van der Waals surface area contributed by atoms with Gasteiger partial charge in [0, 0.05) is 30.9 Å². The summed E-state index contributed by atoms with van der Waals surface area (Å²) in [5.74, 6) is -0.273. The topological polar surface area (TPSA) is 101 Å². The third-order valence-electron chi connectivity index (χ3n) is 3.84. The highest BCUT2D eigenvalue weighted by molar-refractivity contribution is 5.97. The Morgan fingerprint density at radius 3 is 2.76 bits per heavy atom. The SMILES string of the molecule is Cn1ccc(C(=O)N(C/C(N)=N/O)C2CCCC2)cc1=O. The van der Waals surface area contributed by atoms with Gasteiger partial charge in [-0.3, -0.25) is 9.59 Å². The summed E-state index contributed by atoms with van der Waals surface area (Å²) in [5, 5.41) is 11.7. The third-order valence-corrected chi connectivity index (χ3v) is 3.84. The summed E-state index contributed by atoms with van der Waals surface area (Å²) in [4.78, 5) is 25.9. The highest BCUT2D eigenvalue weighted by Crippen LogP contribution is 2.24. The molecule has 0 aromatic carbocycles. The summed E-state index contributed by atoms with van der Waals surface area (Å²) in [7, 11) is 1.63. The van der Waals surface area contributed by atoms with Crippen molar-refractivity contribution in [2.45, 2.75) is 31.7 Å². The Labute approximate surface area is 122 Å². The van der Waals surface area contributed by atoms with E-state index in [2.05, 4.69) is 5.16 Å². The van der Waals surface area contributed by atoms with Crippen molar-refractivity contribution >= 4 is 11.7 Å². The molecule has 2 rings (SSSR count). The lowest BCUT2D eigenvalue weighted by molar-refractivity contribution is 0.0712. The first-order valence-electron chi connectivity index (χ1n) is 6.97. The van der Waals surface area contributed by atoms with Crippen LogP contribution in [0.15, 0.2) is 28.3 Å². The maximum Gasteiger partial charge on any atom is 0.254 e. The average molecular weight is 292 g/mol. The Morgan fingerprint density at radius 2 is 2.19 bits per heavy atom. The Kier molecular flexibility index (Phi) is 4.62. The molecule has 1 aromatic rings. The van der Waals surface area contributed by atoms with Crippen molar-refractivity contribution in [3.05, 3.63) is 34.2 Å². The molecule has 0 unspecified atom stereocenters. The van der Waals surface area contributed by atoms with Gasteiger partial charge in [0.25, 0.3) is 11.5 Å². The third kappa shape index (κ3) is 3.42. The number of hydrogen-bond acceptors (Lipinski definition) is 4. The zero-order chi connectivity index (χ0) is 15.4. The summed E-state index contributed by atoms with van der Waals surface area (Å²) in [6.07, 6.45) is 5.47. The number of aryl methyl sites for hydroxylation is 1. The Morgan fingerprint density at radius 1 is 1.52 bits per heavy atom. The predicted molar refractivity (Wildman–Crippen MR) is 78.4 cm³/mol. The first kappa shape index (κ1) is 15.1. The monoisotopic (exact) mass is 292 g/mol. The first-order valence-corrected chi connectivity index (χ1v) is 6.97. The summed E-state index contributed by atoms with van der Waals surface area (Å²) in [6, 6.07) is 3.00. The van der Waals surface area contributed by atoms with Crippen molar-refractivity contribution in [1.82, 2.24) is 9.47 Å². The lowest BCUT2D eigenvalue weighted by Crippen LogP contribution is -2.44. The number of carbonyl (C=O) groups excluding carboxylic acids is 1. The van der Waals surface area contributed by atoms with E-state index in [1.165, 1.54) is 10.6 Å². The number of carbonyl (C=O) groups is 1. The van der Waals surface area contributed by atoms with Gasteiger partial charge in [-0.2, -0.15) is 0 Å². The van der Waals surface area contributed by atoms with Gasteiger partial charge in [-0.05, 0) is 18.9 Å². The maximum absolute atomic E-state index is 12.6. The fourth-order valence-corrected chi connectivity index (χ4v) is 2.64. The summed E-state index contributed by atoms with van der Waals surface area (Å²) in [5.41, 5.74) is 5.64. The van der Waals surface area contributed by atoms with Crippen LogP contribution >= 0.6 is 0 Å². The van der Waals surface area contributed by atoms with Crippen molar-refractivity contribution in [3.8, 4) is 0 Å². The first-order chi connectivity index (χ1) is 10.0. The van der Waals surface area contributed by atoms with Crippen LogP contribution in [0, 0.1) is 0 Å². The largest absolute Gasteiger partial charge is 0.409 e. The van der Waals surface area contributed by atoms with Crippen LogP contribution in [-0.2, 0) is 7.05 Å². The Hall–Kier alpha value is -2.31. The number of amides is 1. The highest BCUT2D eigenvalue weighted by Gasteiger charge is 2.28. The lowest BCUT2D eigenvalue weighted by Gasteiger charge is -2.28. The molecule has 0 saturated heterocycles. The predicted octanol–water partition coefficient (Wildman–Crippen LogP) is 0.516. The van der Waals surface area contributed by atoms with Gasteiger partial charge in [-0.25, -0.2) is 0 Å². The number of nitrogens with zero attached hydrogens (tertiary/aromatic N) is 3. The van der Waals surface area contributed by atoms with Crippen molar-refractivity contribution in [2.24, 2.45) is 17.9 Å². The molecule has 1 saturated carbocycles. The molecule has 0 spiro atoms. The van der Waals surface area contributed by atoms with Crippen LogP contribution in [-0.4, -0.2) is 39.0 Å². The van der Waals surface area contributed by atoms with E-state index in [4.69, 9.17) is 10.9 Å². The molecular formula is C14H20N4O3. The van der Waals surface area contributed by atoms with Gasteiger partial charge < -0.3 is 20.4 Å². The van der Waals surface area contributed by atoms with Crippen LogP contribution in [0.2, 0.25) is 0 Å². The second-order valence-electron chi connectivity index (χ2n) is 5.33. The van der Waals surface area contributed by atoms with Gasteiger partial charge in [0.2, 0.25) is 0 Å². The van der Waals surface area contributed by atoms with Crippen LogP contribution in [0.1, 0.15) is 36.0 Å². The molecule has 0 radical (unpaired) electrons. The molecule has 0 atom stereocenters. The van der Waals surface area contributed by atoms with E-state index in [1.54, 1.807) is 24.2 Å². The summed E-state index contributed by atoms with van der Waals surface area (Å²) >= 11 is 0. The van der Waals surface area contributed by atoms with Crippen LogP contribution in [0.4, 0.5) is 0 Å². The van der Waals surface area contributed by atoms with Crippen molar-refractivity contribution in [1.29, 1.82) is 0 Å². The second-order valence-corrected chi connectivity index (χ2v) is 5.33. The number of hydrogen-bond donors (Lipinski definition) is 2. The van der Waals surface area contributed by atoms with Crippen LogP contribution < -0.4 is 11.3 Å². The van der Waals surface area contributed by atoms with E-state index in [9.17, 15) is 9.59 Å². The van der Waals surface area contributed by atoms with Gasteiger partial charge in [0.1, 0.15) is 0 Å². The summed E-state index contributed by atoms with van der Waals surface area (Å²) in [6.45, 7) is 0.0647. The van der Waals surface area contributed by atoms with E-state index in [0.29, 0.717) is 5.56 Å². The summed E-state index contributed by atoms with van der Waals surface area (Å²) < 4.78 is 1.40. The van der Waals surface area contributed by atoms with E-state index < -0.39 is 0 Å². The fourth-order valence-electron chi connectivity index (χ4n) is 2.64. The van der Waals surface area contributed by atoms with Gasteiger partial charge in [-0.1, -0.05) is 18.0 Å². The van der Waals surface area contributed by atoms with Gasteiger partial charge >= 0.3 is 0 Å². The average Bonchev–Trinajstić information content (AvgIpc) is 3.00. The van der Waals surface area contributed by atoms with Gasteiger partial charge in [0.15, 0.2) is 5.84 Å². The van der Waals surface area contributed by atoms with Crippen LogP contribution in [0.3, 0.4) is 0 Å². The lowest BCUT2D eigenvalue weighted by atomic mass is 10.1. The Balaban J connectivity index is 2.27. The number of amidine groups is 1. The smallest absolute Gasteiger partial charge is 0.254 e. The van der Waals surface area contributed by atoms with E-state index in [-0.39, 0.29) is 29.9 Å². The number of rotatable bonds is 4. The molecule has 0 aliphatic heterocycles. The minimum atomic E-state index is -0.258. The van der Waals surface area contributed by atoms with Gasteiger partial charge in [-0.15, -0.1) is 0 Å². The number of aromatic nitrogens is 1. The van der Waals surface area contributed by atoms with Gasteiger partial charge in [0.05, 0.1) is 6.54 Å². The molecule has 21 heavy (non-hydrogen) atoms. The number of nitrogens with two attached hydrogens (primary N) is 1. The van der Waals surface area contributed by atoms with E-state index in [0.717, 1.165) is 25.7 Å². The number of pyridine rings is 1. The maximum atomic E-state index is 12.6. The molecule has 3 N–H and O–H groups in total. The minimum Gasteiger partial charge on any atom is -0.409 e. The van der Waals surface area contributed by atoms with E-state index in [1.807, 2.05) is 0 Å². The Bertz CT molecular complexity index is 602. The van der Waals surface area contributed by atoms with Crippen molar-refractivity contribution in [2.75, 3.05) is 6.54 Å². The van der Waals surface area contributed by atoms with Crippen LogP contribution in [0.5, 0.6) is 0 Å². The fraction of sp³-hybridized carbons (Fsp3) is 0.500. The minimum absolute atomic E-state index is 0.0147. The van der Waals surface area contributed by atoms with Crippen LogP contribution in [0.25, 0.3) is 0 Å². The van der Waals surface area contributed by atoms with Crippen molar-refractivity contribution in [3.63, 3.8) is 0 Å². The highest BCUT2D eigenvalue weighted by atomic mass is 16.4. The zero-order valence-corrected chi connectivity index (χ0v) is 12.0. The zero-order valence-electron chi connectivity index (χ0n) is 12.0. The molecule has 0 bridgehead atoms. The molecule has 1 aliphatic rings. The molecule has 114 valence electrons. The molecule has 1 amide bonds. The molecule has 1 aromatic heterocycles. The molecule has 1 heterocycles. The standard InChI is InChI=1S/C14H20N4O3/c1-17-7-6-10(8-13(17)19)14(20)18(9-12(15)16-21)11-4-2-3-5-11/h6-8,11,21H,2-5,9H2,1H3,(H2,15,16). The molecule has 7 heteroatoms. The number of oxime groups is 1.